The number of urea groups is 1. The molecule has 2 aromatic rings. The fraction of sp³-hybridized carbons (Fsp3) is 0.538. The molecule has 3 aliphatic heterocycles. The van der Waals surface area contributed by atoms with Crippen molar-refractivity contribution in [1.82, 2.24) is 24.9 Å². The molecule has 0 radical (unpaired) electrons. The number of hydrogen-bond donors (Lipinski definition) is 1. The van der Waals surface area contributed by atoms with E-state index < -0.39 is 0 Å². The number of carbonyl (C=O) groups excluding carboxylic acids is 3. The summed E-state index contributed by atoms with van der Waals surface area (Å²) in [6.45, 7) is 3.86. The van der Waals surface area contributed by atoms with Crippen molar-refractivity contribution < 1.29 is 19.1 Å². The number of nitrogens with zero attached hydrogens (tertiary/aromatic N) is 4. The predicted octanol–water partition coefficient (Wildman–Crippen LogP) is 4.25. The van der Waals surface area contributed by atoms with E-state index >= 15 is 0 Å². The molecule has 1 aromatic heterocycles. The summed E-state index contributed by atoms with van der Waals surface area (Å²) in [5.74, 6) is -0.391. The van der Waals surface area contributed by atoms with Gasteiger partial charge in [0, 0.05) is 35.2 Å². The lowest BCUT2D eigenvalue weighted by atomic mass is 9.78. The summed E-state index contributed by atoms with van der Waals surface area (Å²) in [6, 6.07) is 6.82. The van der Waals surface area contributed by atoms with Gasteiger partial charge in [0.15, 0.2) is 5.69 Å². The number of aromatic nitrogens is 2. The third-order valence-electron chi connectivity index (χ3n) is 7.50. The van der Waals surface area contributed by atoms with Crippen LogP contribution in [0.4, 0.5) is 4.79 Å². The standard InChI is InChI=1S/C26H31Cl2N5O4/c1-2-37-25(35)17-10-20-4-3-5-21(11-17)33(20)24(34)23-13-22-15-31(6-7-32(22)30-23)26(36)29-14-16-8-18(27)12-19(28)9-16/h8-9,12-13,17,20-21H,2-7,10-11,14-15H2,1H3,(H,29,36). The summed E-state index contributed by atoms with van der Waals surface area (Å²) in [5.41, 5.74) is 2.04. The van der Waals surface area contributed by atoms with Gasteiger partial charge in [-0.2, -0.15) is 5.10 Å². The minimum absolute atomic E-state index is 0.0235. The highest BCUT2D eigenvalue weighted by Gasteiger charge is 2.44. The Morgan fingerprint density at radius 2 is 1.76 bits per heavy atom. The average Bonchev–Trinajstić information content (AvgIpc) is 3.29. The predicted molar refractivity (Wildman–Crippen MR) is 138 cm³/mol. The lowest BCUT2D eigenvalue weighted by Gasteiger charge is -2.48. The highest BCUT2D eigenvalue weighted by molar-refractivity contribution is 6.34. The van der Waals surface area contributed by atoms with Gasteiger partial charge in [-0.3, -0.25) is 14.3 Å². The van der Waals surface area contributed by atoms with E-state index in [2.05, 4.69) is 10.4 Å². The Labute approximate surface area is 226 Å². The van der Waals surface area contributed by atoms with Crippen molar-refractivity contribution in [3.8, 4) is 0 Å². The van der Waals surface area contributed by atoms with Crippen LogP contribution >= 0.6 is 23.2 Å². The van der Waals surface area contributed by atoms with Gasteiger partial charge in [0.2, 0.25) is 0 Å². The van der Waals surface area contributed by atoms with Crippen LogP contribution in [0.1, 0.15) is 60.8 Å². The first kappa shape index (κ1) is 25.9. The highest BCUT2D eigenvalue weighted by atomic mass is 35.5. The van der Waals surface area contributed by atoms with Gasteiger partial charge in [-0.15, -0.1) is 0 Å². The molecule has 0 aliphatic carbocycles. The van der Waals surface area contributed by atoms with Crippen molar-refractivity contribution in [2.75, 3.05) is 13.2 Å². The van der Waals surface area contributed by atoms with Crippen LogP contribution in [0.25, 0.3) is 0 Å². The molecule has 4 heterocycles. The molecule has 3 amide bonds. The van der Waals surface area contributed by atoms with E-state index in [0.29, 0.717) is 61.4 Å². The van der Waals surface area contributed by atoms with Crippen LogP contribution in [0.5, 0.6) is 0 Å². The Hall–Kier alpha value is -2.78. The zero-order chi connectivity index (χ0) is 26.1. The van der Waals surface area contributed by atoms with Crippen molar-refractivity contribution in [3.63, 3.8) is 0 Å². The molecule has 1 aromatic carbocycles. The van der Waals surface area contributed by atoms with Gasteiger partial charge in [0.05, 0.1) is 31.3 Å². The van der Waals surface area contributed by atoms with Crippen molar-refractivity contribution in [2.24, 2.45) is 5.92 Å². The monoisotopic (exact) mass is 547 g/mol. The number of ether oxygens (including phenoxy) is 1. The molecule has 11 heteroatoms. The van der Waals surface area contributed by atoms with E-state index in [1.807, 2.05) is 16.5 Å². The van der Waals surface area contributed by atoms with E-state index in [9.17, 15) is 14.4 Å². The first-order chi connectivity index (χ1) is 17.8. The summed E-state index contributed by atoms with van der Waals surface area (Å²) in [4.78, 5) is 42.4. The highest BCUT2D eigenvalue weighted by Crippen LogP contribution is 2.38. The average molecular weight is 548 g/mol. The first-order valence-electron chi connectivity index (χ1n) is 12.9. The minimum atomic E-state index is -0.202. The van der Waals surface area contributed by atoms with Gasteiger partial charge < -0.3 is 19.9 Å². The van der Waals surface area contributed by atoms with Crippen LogP contribution < -0.4 is 5.32 Å². The quantitative estimate of drug-likeness (QED) is 0.564. The normalized spacial score (nSPS) is 22.8. The smallest absolute Gasteiger partial charge is 0.318 e. The fourth-order valence-corrected chi connectivity index (χ4v) is 6.42. The molecule has 2 saturated heterocycles. The Kier molecular flexibility index (Phi) is 7.62. The van der Waals surface area contributed by atoms with Gasteiger partial charge >= 0.3 is 12.0 Å². The molecule has 0 spiro atoms. The molecular weight excluding hydrogens is 517 g/mol. The summed E-state index contributed by atoms with van der Waals surface area (Å²) in [5, 5.41) is 8.54. The van der Waals surface area contributed by atoms with Gasteiger partial charge in [-0.25, -0.2) is 4.79 Å². The topological polar surface area (TPSA) is 96.8 Å². The van der Waals surface area contributed by atoms with E-state index in [0.717, 1.165) is 30.5 Å². The van der Waals surface area contributed by atoms with Gasteiger partial charge in [-0.05, 0) is 68.9 Å². The summed E-state index contributed by atoms with van der Waals surface area (Å²) in [7, 11) is 0. The summed E-state index contributed by atoms with van der Waals surface area (Å²) in [6.07, 6.45) is 4.11. The number of hydrogen-bond acceptors (Lipinski definition) is 5. The number of rotatable bonds is 5. The summed E-state index contributed by atoms with van der Waals surface area (Å²) < 4.78 is 7.07. The zero-order valence-electron chi connectivity index (χ0n) is 20.8. The van der Waals surface area contributed by atoms with Crippen LogP contribution in [-0.4, -0.2) is 62.7 Å². The molecule has 9 nitrogen and oxygen atoms in total. The number of piperidine rings is 2. The fourth-order valence-electron chi connectivity index (χ4n) is 5.84. The van der Waals surface area contributed by atoms with Crippen LogP contribution in [0, 0.1) is 5.92 Å². The molecule has 37 heavy (non-hydrogen) atoms. The van der Waals surface area contributed by atoms with Crippen molar-refractivity contribution in [1.29, 1.82) is 0 Å². The van der Waals surface area contributed by atoms with E-state index in [1.54, 1.807) is 29.2 Å². The number of nitrogens with one attached hydrogen (secondary N) is 1. The molecule has 198 valence electrons. The Morgan fingerprint density at radius 1 is 1.05 bits per heavy atom. The maximum atomic E-state index is 13.6. The molecule has 2 atom stereocenters. The second kappa shape index (κ2) is 10.9. The maximum absolute atomic E-state index is 13.6. The van der Waals surface area contributed by atoms with Crippen molar-refractivity contribution in [3.05, 3.63) is 51.3 Å². The van der Waals surface area contributed by atoms with Crippen LogP contribution in [0.3, 0.4) is 0 Å². The van der Waals surface area contributed by atoms with Crippen molar-refractivity contribution in [2.45, 2.75) is 70.7 Å². The van der Waals surface area contributed by atoms with E-state index in [4.69, 9.17) is 27.9 Å². The molecule has 2 fully saturated rings. The lowest BCUT2D eigenvalue weighted by Crippen LogP contribution is -2.55. The second-order valence-electron chi connectivity index (χ2n) is 9.97. The number of benzene rings is 1. The molecule has 1 N–H and O–H groups in total. The third-order valence-corrected chi connectivity index (χ3v) is 7.94. The van der Waals surface area contributed by atoms with Gasteiger partial charge in [-0.1, -0.05) is 23.2 Å². The first-order valence-corrected chi connectivity index (χ1v) is 13.6. The molecule has 0 saturated carbocycles. The van der Waals surface area contributed by atoms with Crippen molar-refractivity contribution >= 4 is 41.1 Å². The van der Waals surface area contributed by atoms with Crippen LogP contribution in [0.2, 0.25) is 10.0 Å². The van der Waals surface area contributed by atoms with E-state index in [-0.39, 0.29) is 35.9 Å². The Balaban J connectivity index is 1.23. The Morgan fingerprint density at radius 3 is 2.43 bits per heavy atom. The number of fused-ring (bicyclic) bond motifs is 3. The maximum Gasteiger partial charge on any atom is 0.318 e. The number of halogens is 2. The van der Waals surface area contributed by atoms with E-state index in [1.165, 1.54) is 0 Å². The third kappa shape index (κ3) is 5.57. The second-order valence-corrected chi connectivity index (χ2v) is 10.8. The Bertz CT molecular complexity index is 1170. The molecule has 3 aliphatic rings. The van der Waals surface area contributed by atoms with Gasteiger partial charge in [0.1, 0.15) is 0 Å². The number of carbonyl (C=O) groups is 3. The van der Waals surface area contributed by atoms with Crippen LogP contribution in [-0.2, 0) is 29.2 Å². The van der Waals surface area contributed by atoms with Crippen LogP contribution in [0.15, 0.2) is 24.3 Å². The summed E-state index contributed by atoms with van der Waals surface area (Å²) >= 11 is 12.1. The largest absolute Gasteiger partial charge is 0.466 e. The lowest BCUT2D eigenvalue weighted by molar-refractivity contribution is -0.151. The molecule has 2 bridgehead atoms. The molecular formula is C26H31Cl2N5O4. The number of amides is 3. The SMILES string of the molecule is CCOC(=O)C1CC2CCCC(C1)N2C(=O)c1cc2n(n1)CCN(C(=O)NCc1cc(Cl)cc(Cl)c1)C2. The molecule has 5 rings (SSSR count). The minimum Gasteiger partial charge on any atom is -0.466 e. The zero-order valence-corrected chi connectivity index (χ0v) is 22.3. The van der Waals surface area contributed by atoms with Gasteiger partial charge in [0.25, 0.3) is 5.91 Å². The molecule has 2 unspecified atom stereocenters. The number of esters is 1.